The van der Waals surface area contributed by atoms with Gasteiger partial charge in [0.15, 0.2) is 5.11 Å². The van der Waals surface area contributed by atoms with E-state index in [9.17, 15) is 0 Å². The lowest BCUT2D eigenvalue weighted by atomic mass is 10.1. The van der Waals surface area contributed by atoms with Crippen molar-refractivity contribution in [3.63, 3.8) is 0 Å². The van der Waals surface area contributed by atoms with Crippen molar-refractivity contribution in [1.82, 2.24) is 9.78 Å². The third kappa shape index (κ3) is 2.93. The zero-order valence-electron chi connectivity index (χ0n) is 11.6. The van der Waals surface area contributed by atoms with Crippen molar-refractivity contribution in [2.45, 2.75) is 20.8 Å². The molecular formula is C14H18N4S. The molecule has 0 aliphatic rings. The molecule has 0 bridgehead atoms. The number of rotatable bonds is 2. The molecule has 0 fully saturated rings. The first-order valence-electron chi connectivity index (χ1n) is 6.12. The van der Waals surface area contributed by atoms with E-state index in [0.717, 1.165) is 17.1 Å². The summed E-state index contributed by atoms with van der Waals surface area (Å²) < 4.78 is 1.81. The highest BCUT2D eigenvalue weighted by molar-refractivity contribution is 7.80. The van der Waals surface area contributed by atoms with Gasteiger partial charge in [-0.1, -0.05) is 12.1 Å². The van der Waals surface area contributed by atoms with Crippen molar-refractivity contribution < 1.29 is 0 Å². The number of benzene rings is 1. The second kappa shape index (κ2) is 5.40. The molecule has 100 valence electrons. The fourth-order valence-corrected chi connectivity index (χ4v) is 2.00. The predicted octanol–water partition coefficient (Wildman–Crippen LogP) is 3.15. The highest BCUT2D eigenvalue weighted by Crippen LogP contribution is 2.19. The molecule has 2 rings (SSSR count). The molecule has 0 radical (unpaired) electrons. The predicted molar refractivity (Wildman–Crippen MR) is 83.7 cm³/mol. The molecule has 2 N–H and O–H groups in total. The minimum atomic E-state index is 0.574. The number of nitrogens with one attached hydrogen (secondary N) is 2. The summed E-state index contributed by atoms with van der Waals surface area (Å²) in [5, 5.41) is 11.1. The molecule has 0 aliphatic carbocycles. The molecule has 0 saturated heterocycles. The van der Waals surface area contributed by atoms with E-state index in [-0.39, 0.29) is 0 Å². The summed E-state index contributed by atoms with van der Waals surface area (Å²) >= 11 is 5.33. The van der Waals surface area contributed by atoms with Gasteiger partial charge in [0.1, 0.15) is 0 Å². The number of nitrogens with zero attached hydrogens (tertiary/aromatic N) is 2. The van der Waals surface area contributed by atoms with Crippen molar-refractivity contribution in [3.05, 3.63) is 41.2 Å². The van der Waals surface area contributed by atoms with Crippen LogP contribution in [0.5, 0.6) is 0 Å². The molecule has 4 nitrogen and oxygen atoms in total. The van der Waals surface area contributed by atoms with Gasteiger partial charge in [0, 0.05) is 12.7 Å². The van der Waals surface area contributed by atoms with Crippen LogP contribution in [0.15, 0.2) is 24.4 Å². The lowest BCUT2D eigenvalue weighted by Crippen LogP contribution is -2.20. The smallest absolute Gasteiger partial charge is 0.175 e. The third-order valence-electron chi connectivity index (χ3n) is 3.34. The van der Waals surface area contributed by atoms with E-state index in [0.29, 0.717) is 5.11 Å². The Morgan fingerprint density at radius 3 is 2.47 bits per heavy atom. The monoisotopic (exact) mass is 274 g/mol. The van der Waals surface area contributed by atoms with Crippen molar-refractivity contribution in [1.29, 1.82) is 0 Å². The molecule has 2 aromatic rings. The summed E-state index contributed by atoms with van der Waals surface area (Å²) in [4.78, 5) is 0. The maximum absolute atomic E-state index is 5.33. The van der Waals surface area contributed by atoms with Crippen LogP contribution in [0.3, 0.4) is 0 Å². The molecule has 0 aliphatic heterocycles. The fraction of sp³-hybridized carbons (Fsp3) is 0.286. The van der Waals surface area contributed by atoms with Gasteiger partial charge in [-0.3, -0.25) is 4.68 Å². The Kier molecular flexibility index (Phi) is 3.85. The Hall–Kier alpha value is -1.88. The van der Waals surface area contributed by atoms with Crippen molar-refractivity contribution in [2.75, 3.05) is 10.6 Å². The lowest BCUT2D eigenvalue weighted by molar-refractivity contribution is 0.740. The van der Waals surface area contributed by atoms with E-state index in [2.05, 4.69) is 35.6 Å². The summed E-state index contributed by atoms with van der Waals surface area (Å²) in [5.41, 5.74) is 5.44. The van der Waals surface area contributed by atoms with Crippen LogP contribution in [0, 0.1) is 20.8 Å². The highest BCUT2D eigenvalue weighted by Gasteiger charge is 2.07. The average molecular weight is 274 g/mol. The molecule has 0 amide bonds. The van der Waals surface area contributed by atoms with Gasteiger partial charge >= 0.3 is 0 Å². The molecule has 0 atom stereocenters. The lowest BCUT2D eigenvalue weighted by Gasteiger charge is -2.13. The Morgan fingerprint density at radius 1 is 1.16 bits per heavy atom. The van der Waals surface area contributed by atoms with E-state index in [4.69, 9.17) is 12.2 Å². The maximum Gasteiger partial charge on any atom is 0.175 e. The third-order valence-corrected chi connectivity index (χ3v) is 3.54. The summed E-state index contributed by atoms with van der Waals surface area (Å²) in [7, 11) is 1.90. The first kappa shape index (κ1) is 13.5. The topological polar surface area (TPSA) is 41.9 Å². The Morgan fingerprint density at radius 2 is 1.84 bits per heavy atom. The zero-order chi connectivity index (χ0) is 14.0. The van der Waals surface area contributed by atoms with Gasteiger partial charge in [-0.25, -0.2) is 0 Å². The fourth-order valence-electron chi connectivity index (χ4n) is 1.78. The second-order valence-electron chi connectivity index (χ2n) is 4.59. The minimum Gasteiger partial charge on any atom is -0.332 e. The van der Waals surface area contributed by atoms with E-state index in [1.807, 2.05) is 30.8 Å². The number of anilines is 2. The average Bonchev–Trinajstić information content (AvgIpc) is 2.67. The van der Waals surface area contributed by atoms with E-state index in [1.165, 1.54) is 11.1 Å². The van der Waals surface area contributed by atoms with Crippen LogP contribution in [0.1, 0.15) is 16.8 Å². The standard InChI is InChI=1S/C14H18N4S/c1-9-6-5-7-12(10(9)2)16-14(19)17-13-8-15-18(4)11(13)3/h5-8H,1-4H3,(H2,16,17,19). The van der Waals surface area contributed by atoms with Crippen LogP contribution in [-0.4, -0.2) is 14.9 Å². The van der Waals surface area contributed by atoms with Gasteiger partial charge in [0.2, 0.25) is 0 Å². The molecule has 19 heavy (non-hydrogen) atoms. The second-order valence-corrected chi connectivity index (χ2v) is 5.00. The SMILES string of the molecule is Cc1cccc(NC(=S)Nc2cnn(C)c2C)c1C. The van der Waals surface area contributed by atoms with Gasteiger partial charge in [-0.2, -0.15) is 5.10 Å². The quantitative estimate of drug-likeness (QED) is 0.826. The van der Waals surface area contributed by atoms with Gasteiger partial charge in [0.25, 0.3) is 0 Å². The van der Waals surface area contributed by atoms with E-state index in [1.54, 1.807) is 6.20 Å². The summed E-state index contributed by atoms with van der Waals surface area (Å²) in [6.07, 6.45) is 1.77. The zero-order valence-corrected chi connectivity index (χ0v) is 12.4. The number of thiocarbonyl (C=S) groups is 1. The normalized spacial score (nSPS) is 10.3. The Balaban J connectivity index is 2.10. The Labute approximate surface area is 118 Å². The van der Waals surface area contributed by atoms with E-state index >= 15 is 0 Å². The van der Waals surface area contributed by atoms with Crippen LogP contribution in [0.2, 0.25) is 0 Å². The number of aromatic nitrogens is 2. The van der Waals surface area contributed by atoms with Crippen molar-refractivity contribution in [3.8, 4) is 0 Å². The van der Waals surface area contributed by atoms with Gasteiger partial charge < -0.3 is 10.6 Å². The van der Waals surface area contributed by atoms with Gasteiger partial charge in [-0.15, -0.1) is 0 Å². The molecule has 1 aromatic carbocycles. The molecular weight excluding hydrogens is 256 g/mol. The summed E-state index contributed by atoms with van der Waals surface area (Å²) in [6.45, 7) is 6.16. The van der Waals surface area contributed by atoms with Crippen LogP contribution in [0.25, 0.3) is 0 Å². The summed E-state index contributed by atoms with van der Waals surface area (Å²) in [6, 6.07) is 6.12. The van der Waals surface area contributed by atoms with Crippen molar-refractivity contribution in [2.24, 2.45) is 7.05 Å². The number of hydrogen-bond donors (Lipinski definition) is 2. The molecule has 1 heterocycles. The molecule has 0 unspecified atom stereocenters. The molecule has 5 heteroatoms. The van der Waals surface area contributed by atoms with E-state index < -0.39 is 0 Å². The summed E-state index contributed by atoms with van der Waals surface area (Å²) in [5.74, 6) is 0. The number of aryl methyl sites for hydroxylation is 2. The Bertz CT molecular complexity index is 616. The first-order chi connectivity index (χ1) is 8.99. The van der Waals surface area contributed by atoms with Crippen LogP contribution >= 0.6 is 12.2 Å². The highest BCUT2D eigenvalue weighted by atomic mass is 32.1. The molecule has 1 aromatic heterocycles. The molecule has 0 spiro atoms. The maximum atomic E-state index is 5.33. The molecule has 0 saturated carbocycles. The van der Waals surface area contributed by atoms with Crippen molar-refractivity contribution >= 4 is 28.7 Å². The van der Waals surface area contributed by atoms with Crippen LogP contribution in [-0.2, 0) is 7.05 Å². The first-order valence-corrected chi connectivity index (χ1v) is 6.52. The van der Waals surface area contributed by atoms with Crippen LogP contribution < -0.4 is 10.6 Å². The minimum absolute atomic E-state index is 0.574. The van der Waals surface area contributed by atoms with Gasteiger partial charge in [0.05, 0.1) is 17.6 Å². The number of hydrogen-bond acceptors (Lipinski definition) is 2. The van der Waals surface area contributed by atoms with Gasteiger partial charge in [-0.05, 0) is 50.2 Å². The largest absolute Gasteiger partial charge is 0.332 e. The van der Waals surface area contributed by atoms with Crippen LogP contribution in [0.4, 0.5) is 11.4 Å².